The van der Waals surface area contributed by atoms with E-state index < -0.39 is 0 Å². The molecule has 1 saturated carbocycles. The summed E-state index contributed by atoms with van der Waals surface area (Å²) in [5.41, 5.74) is 1.33. The Balaban J connectivity index is 1.51. The van der Waals surface area contributed by atoms with Gasteiger partial charge in [-0.2, -0.15) is 5.10 Å². The van der Waals surface area contributed by atoms with E-state index in [0.717, 1.165) is 18.9 Å². The molecule has 1 fully saturated rings. The third-order valence-electron chi connectivity index (χ3n) is 3.30. The van der Waals surface area contributed by atoms with Crippen LogP contribution in [0.1, 0.15) is 31.2 Å². The standard InChI is InChI=1S/C12H21N3/c1-15-10-12(9-14-15)6-8-13-7-5-11-3-2-4-11/h9-11,13H,2-8H2,1H3. The maximum absolute atomic E-state index is 4.16. The van der Waals surface area contributed by atoms with Gasteiger partial charge in [0.1, 0.15) is 0 Å². The van der Waals surface area contributed by atoms with E-state index in [2.05, 4.69) is 16.6 Å². The zero-order chi connectivity index (χ0) is 10.5. The first-order valence-corrected chi connectivity index (χ1v) is 6.03. The lowest BCUT2D eigenvalue weighted by Gasteiger charge is -2.25. The van der Waals surface area contributed by atoms with Crippen LogP contribution in [0.5, 0.6) is 0 Å². The largest absolute Gasteiger partial charge is 0.316 e. The Morgan fingerprint density at radius 2 is 2.33 bits per heavy atom. The van der Waals surface area contributed by atoms with E-state index in [-0.39, 0.29) is 0 Å². The normalized spacial score (nSPS) is 16.6. The summed E-state index contributed by atoms with van der Waals surface area (Å²) in [4.78, 5) is 0. The van der Waals surface area contributed by atoms with E-state index >= 15 is 0 Å². The molecule has 1 aromatic rings. The zero-order valence-corrected chi connectivity index (χ0v) is 9.58. The SMILES string of the molecule is Cn1cc(CCNCCC2CCC2)cn1. The van der Waals surface area contributed by atoms with E-state index in [1.165, 1.54) is 37.8 Å². The van der Waals surface area contributed by atoms with Crippen LogP contribution in [0.4, 0.5) is 0 Å². The second kappa shape index (κ2) is 5.31. The Kier molecular flexibility index (Phi) is 3.78. The average Bonchev–Trinajstić information content (AvgIpc) is 2.54. The van der Waals surface area contributed by atoms with Crippen LogP contribution in [0.3, 0.4) is 0 Å². The van der Waals surface area contributed by atoms with Crippen LogP contribution < -0.4 is 5.32 Å². The van der Waals surface area contributed by atoms with Gasteiger partial charge in [-0.15, -0.1) is 0 Å². The van der Waals surface area contributed by atoms with E-state index in [1.54, 1.807) is 0 Å². The summed E-state index contributed by atoms with van der Waals surface area (Å²) in [5.74, 6) is 1.02. The van der Waals surface area contributed by atoms with Gasteiger partial charge in [-0.3, -0.25) is 4.68 Å². The van der Waals surface area contributed by atoms with Crippen molar-refractivity contribution in [2.75, 3.05) is 13.1 Å². The molecule has 0 radical (unpaired) electrons. The molecule has 0 atom stereocenters. The Morgan fingerprint density at radius 1 is 1.47 bits per heavy atom. The number of nitrogens with one attached hydrogen (secondary N) is 1. The number of nitrogens with zero attached hydrogens (tertiary/aromatic N) is 2. The van der Waals surface area contributed by atoms with Gasteiger partial charge in [-0.1, -0.05) is 19.3 Å². The summed E-state index contributed by atoms with van der Waals surface area (Å²) >= 11 is 0. The molecule has 1 aliphatic carbocycles. The third kappa shape index (κ3) is 3.34. The highest BCUT2D eigenvalue weighted by Crippen LogP contribution is 2.28. The fraction of sp³-hybridized carbons (Fsp3) is 0.750. The number of aromatic nitrogens is 2. The number of rotatable bonds is 6. The van der Waals surface area contributed by atoms with Crippen molar-refractivity contribution >= 4 is 0 Å². The molecule has 0 unspecified atom stereocenters. The highest BCUT2D eigenvalue weighted by Gasteiger charge is 2.15. The molecule has 15 heavy (non-hydrogen) atoms. The first kappa shape index (κ1) is 10.7. The summed E-state index contributed by atoms with van der Waals surface area (Å²) in [6, 6.07) is 0. The molecule has 84 valence electrons. The van der Waals surface area contributed by atoms with Gasteiger partial charge in [-0.05, 0) is 37.4 Å². The predicted octanol–water partition coefficient (Wildman–Crippen LogP) is 1.74. The van der Waals surface area contributed by atoms with Gasteiger partial charge in [-0.25, -0.2) is 0 Å². The van der Waals surface area contributed by atoms with Gasteiger partial charge in [0.2, 0.25) is 0 Å². The van der Waals surface area contributed by atoms with Crippen molar-refractivity contribution in [3.05, 3.63) is 18.0 Å². The Hall–Kier alpha value is -0.830. The predicted molar refractivity (Wildman–Crippen MR) is 61.7 cm³/mol. The topological polar surface area (TPSA) is 29.9 Å². The van der Waals surface area contributed by atoms with Gasteiger partial charge in [0.15, 0.2) is 0 Å². The van der Waals surface area contributed by atoms with Crippen molar-refractivity contribution in [2.24, 2.45) is 13.0 Å². The first-order chi connectivity index (χ1) is 7.34. The van der Waals surface area contributed by atoms with Crippen molar-refractivity contribution in [1.82, 2.24) is 15.1 Å². The summed E-state index contributed by atoms with van der Waals surface area (Å²) in [5, 5.41) is 7.66. The molecule has 1 aromatic heterocycles. The van der Waals surface area contributed by atoms with Crippen LogP contribution in [0.15, 0.2) is 12.4 Å². The fourth-order valence-electron chi connectivity index (χ4n) is 2.05. The van der Waals surface area contributed by atoms with Crippen molar-refractivity contribution < 1.29 is 0 Å². The summed E-state index contributed by atoms with van der Waals surface area (Å²) in [6.45, 7) is 2.27. The van der Waals surface area contributed by atoms with Crippen LogP contribution in [0.2, 0.25) is 0 Å². The molecule has 1 heterocycles. The molecule has 0 spiro atoms. The Labute approximate surface area is 91.9 Å². The van der Waals surface area contributed by atoms with Gasteiger partial charge < -0.3 is 5.32 Å². The minimum Gasteiger partial charge on any atom is -0.316 e. The quantitative estimate of drug-likeness (QED) is 0.720. The zero-order valence-electron chi connectivity index (χ0n) is 9.58. The number of aryl methyl sites for hydroxylation is 1. The van der Waals surface area contributed by atoms with Crippen LogP contribution in [-0.2, 0) is 13.5 Å². The molecule has 0 amide bonds. The summed E-state index contributed by atoms with van der Waals surface area (Å²) in [6.07, 6.45) is 10.9. The van der Waals surface area contributed by atoms with Crippen molar-refractivity contribution in [1.29, 1.82) is 0 Å². The maximum Gasteiger partial charge on any atom is 0.0522 e. The van der Waals surface area contributed by atoms with E-state index in [9.17, 15) is 0 Å². The molecule has 2 rings (SSSR count). The minimum absolute atomic E-state index is 1.02. The maximum atomic E-state index is 4.16. The molecule has 0 bridgehead atoms. The molecular formula is C12H21N3. The third-order valence-corrected chi connectivity index (χ3v) is 3.30. The average molecular weight is 207 g/mol. The minimum atomic E-state index is 1.02. The second-order valence-electron chi connectivity index (χ2n) is 4.61. The van der Waals surface area contributed by atoms with Crippen molar-refractivity contribution in [2.45, 2.75) is 32.1 Å². The first-order valence-electron chi connectivity index (χ1n) is 6.03. The van der Waals surface area contributed by atoms with Crippen molar-refractivity contribution in [3.63, 3.8) is 0 Å². The lowest BCUT2D eigenvalue weighted by atomic mass is 9.83. The van der Waals surface area contributed by atoms with Gasteiger partial charge in [0.05, 0.1) is 6.20 Å². The molecule has 3 nitrogen and oxygen atoms in total. The molecule has 0 aliphatic heterocycles. The monoisotopic (exact) mass is 207 g/mol. The second-order valence-corrected chi connectivity index (χ2v) is 4.61. The van der Waals surface area contributed by atoms with Crippen molar-refractivity contribution in [3.8, 4) is 0 Å². The van der Waals surface area contributed by atoms with Crippen LogP contribution in [-0.4, -0.2) is 22.9 Å². The molecular weight excluding hydrogens is 186 g/mol. The number of hydrogen-bond acceptors (Lipinski definition) is 2. The molecule has 0 aromatic carbocycles. The highest BCUT2D eigenvalue weighted by atomic mass is 15.2. The van der Waals surface area contributed by atoms with Gasteiger partial charge >= 0.3 is 0 Å². The van der Waals surface area contributed by atoms with E-state index in [0.29, 0.717) is 0 Å². The molecule has 0 saturated heterocycles. The van der Waals surface area contributed by atoms with Crippen LogP contribution in [0, 0.1) is 5.92 Å². The molecule has 3 heteroatoms. The molecule has 1 N–H and O–H groups in total. The Morgan fingerprint density at radius 3 is 2.93 bits per heavy atom. The van der Waals surface area contributed by atoms with Crippen LogP contribution in [0.25, 0.3) is 0 Å². The lowest BCUT2D eigenvalue weighted by molar-refractivity contribution is 0.292. The lowest BCUT2D eigenvalue weighted by Crippen LogP contribution is -2.23. The highest BCUT2D eigenvalue weighted by molar-refractivity contribution is 5.03. The number of hydrogen-bond donors (Lipinski definition) is 1. The van der Waals surface area contributed by atoms with E-state index in [1.807, 2.05) is 17.9 Å². The molecule has 1 aliphatic rings. The van der Waals surface area contributed by atoms with Crippen LogP contribution >= 0.6 is 0 Å². The van der Waals surface area contributed by atoms with Gasteiger partial charge in [0.25, 0.3) is 0 Å². The van der Waals surface area contributed by atoms with Gasteiger partial charge in [0, 0.05) is 13.2 Å². The van der Waals surface area contributed by atoms with E-state index in [4.69, 9.17) is 0 Å². The smallest absolute Gasteiger partial charge is 0.0522 e. The summed E-state index contributed by atoms with van der Waals surface area (Å²) < 4.78 is 1.86. The summed E-state index contributed by atoms with van der Waals surface area (Å²) in [7, 11) is 1.97. The fourth-order valence-corrected chi connectivity index (χ4v) is 2.05. The Bertz CT molecular complexity index is 289.